The number of pyridine rings is 1. The maximum atomic E-state index is 6.18. The quantitative estimate of drug-likeness (QED) is 0.857. The van der Waals surface area contributed by atoms with Crippen molar-refractivity contribution in [2.45, 2.75) is 44.0 Å². The summed E-state index contributed by atoms with van der Waals surface area (Å²) in [6, 6.07) is 12.9. The van der Waals surface area contributed by atoms with E-state index >= 15 is 0 Å². The average molecular weight is 286 g/mol. The van der Waals surface area contributed by atoms with Gasteiger partial charge in [0.05, 0.1) is 10.3 Å². The molecule has 0 amide bonds. The van der Waals surface area contributed by atoms with Gasteiger partial charge in [-0.15, -0.1) is 0 Å². The Morgan fingerprint density at radius 1 is 1.00 bits per heavy atom. The lowest BCUT2D eigenvalue weighted by Crippen LogP contribution is -2.22. The van der Waals surface area contributed by atoms with E-state index in [9.17, 15) is 0 Å². The number of benzene rings is 1. The molecule has 0 radical (unpaired) electrons. The predicted molar refractivity (Wildman–Crippen MR) is 87.1 cm³/mol. The van der Waals surface area contributed by atoms with Gasteiger partial charge in [-0.3, -0.25) is 0 Å². The molecule has 0 aliphatic rings. The summed E-state index contributed by atoms with van der Waals surface area (Å²) in [4.78, 5) is 4.61. The van der Waals surface area contributed by atoms with Gasteiger partial charge in [0, 0.05) is 11.7 Å². The fraction of sp³-hybridized carbons (Fsp3) is 0.353. The Morgan fingerprint density at radius 2 is 1.65 bits per heavy atom. The second-order valence-corrected chi connectivity index (χ2v) is 6.59. The van der Waals surface area contributed by atoms with Gasteiger partial charge in [0.1, 0.15) is 0 Å². The Kier molecular flexibility index (Phi) is 4.84. The third-order valence-corrected chi connectivity index (χ3v) is 4.61. The van der Waals surface area contributed by atoms with Crippen molar-refractivity contribution < 1.29 is 0 Å². The third kappa shape index (κ3) is 3.84. The van der Waals surface area contributed by atoms with E-state index in [4.69, 9.17) is 5.73 Å². The predicted octanol–water partition coefficient (Wildman–Crippen LogP) is 4.19. The SMILES string of the molecule is Cc1ccc(C(Sc2cc(C)cc(C)n2)C(C)N)cc1. The van der Waals surface area contributed by atoms with E-state index in [1.54, 1.807) is 11.8 Å². The zero-order valence-electron chi connectivity index (χ0n) is 12.6. The van der Waals surface area contributed by atoms with Crippen LogP contribution in [0.5, 0.6) is 0 Å². The molecule has 2 rings (SSSR count). The molecule has 2 aromatic rings. The second-order valence-electron chi connectivity index (χ2n) is 5.43. The van der Waals surface area contributed by atoms with Crippen molar-refractivity contribution in [1.29, 1.82) is 0 Å². The van der Waals surface area contributed by atoms with Crippen molar-refractivity contribution in [1.82, 2.24) is 4.98 Å². The molecule has 3 heteroatoms. The topological polar surface area (TPSA) is 38.9 Å². The van der Waals surface area contributed by atoms with Crippen LogP contribution in [0.15, 0.2) is 41.4 Å². The number of hydrogen-bond acceptors (Lipinski definition) is 3. The highest BCUT2D eigenvalue weighted by atomic mass is 32.2. The van der Waals surface area contributed by atoms with Crippen molar-refractivity contribution in [3.63, 3.8) is 0 Å². The van der Waals surface area contributed by atoms with Gasteiger partial charge in [-0.2, -0.15) is 0 Å². The van der Waals surface area contributed by atoms with Crippen molar-refractivity contribution in [2.24, 2.45) is 5.73 Å². The van der Waals surface area contributed by atoms with Crippen LogP contribution in [0.1, 0.15) is 34.6 Å². The first-order valence-corrected chi connectivity index (χ1v) is 7.78. The van der Waals surface area contributed by atoms with Crippen LogP contribution >= 0.6 is 11.8 Å². The molecule has 0 spiro atoms. The van der Waals surface area contributed by atoms with Crippen LogP contribution in [0.3, 0.4) is 0 Å². The second kappa shape index (κ2) is 6.42. The Morgan fingerprint density at radius 3 is 2.20 bits per heavy atom. The first kappa shape index (κ1) is 15.1. The summed E-state index contributed by atoms with van der Waals surface area (Å²) in [6.45, 7) is 8.29. The number of thioether (sulfide) groups is 1. The molecular formula is C17H22N2S. The minimum absolute atomic E-state index is 0.0744. The van der Waals surface area contributed by atoms with Crippen LogP contribution in [0, 0.1) is 20.8 Å². The molecule has 2 atom stereocenters. The van der Waals surface area contributed by atoms with Gasteiger partial charge < -0.3 is 5.73 Å². The van der Waals surface area contributed by atoms with Crippen LogP contribution in [0.2, 0.25) is 0 Å². The van der Waals surface area contributed by atoms with E-state index in [1.807, 2.05) is 6.92 Å². The van der Waals surface area contributed by atoms with Crippen molar-refractivity contribution >= 4 is 11.8 Å². The van der Waals surface area contributed by atoms with E-state index < -0.39 is 0 Å². The zero-order valence-corrected chi connectivity index (χ0v) is 13.4. The fourth-order valence-corrected chi connectivity index (χ4v) is 3.45. The maximum Gasteiger partial charge on any atom is 0.0972 e. The maximum absolute atomic E-state index is 6.18. The van der Waals surface area contributed by atoms with Crippen LogP contribution in [-0.4, -0.2) is 11.0 Å². The molecular weight excluding hydrogens is 264 g/mol. The smallest absolute Gasteiger partial charge is 0.0972 e. The average Bonchev–Trinajstić information content (AvgIpc) is 2.36. The van der Waals surface area contributed by atoms with Gasteiger partial charge in [-0.25, -0.2) is 4.98 Å². The molecule has 106 valence electrons. The monoisotopic (exact) mass is 286 g/mol. The van der Waals surface area contributed by atoms with Gasteiger partial charge >= 0.3 is 0 Å². The van der Waals surface area contributed by atoms with Gasteiger partial charge in [-0.1, -0.05) is 41.6 Å². The Hall–Kier alpha value is -1.32. The lowest BCUT2D eigenvalue weighted by atomic mass is 10.1. The van der Waals surface area contributed by atoms with Crippen molar-refractivity contribution in [3.8, 4) is 0 Å². The number of nitrogens with two attached hydrogens (primary N) is 1. The van der Waals surface area contributed by atoms with Gasteiger partial charge in [0.2, 0.25) is 0 Å². The van der Waals surface area contributed by atoms with Crippen LogP contribution in [0.25, 0.3) is 0 Å². The molecule has 0 saturated carbocycles. The third-order valence-electron chi connectivity index (χ3n) is 3.21. The molecule has 2 unspecified atom stereocenters. The molecule has 1 heterocycles. The highest BCUT2D eigenvalue weighted by Gasteiger charge is 2.18. The molecule has 0 aliphatic heterocycles. The summed E-state index contributed by atoms with van der Waals surface area (Å²) in [5.74, 6) is 0. The molecule has 0 fully saturated rings. The van der Waals surface area contributed by atoms with Crippen molar-refractivity contribution in [3.05, 3.63) is 58.8 Å². The summed E-state index contributed by atoms with van der Waals surface area (Å²) in [5, 5.41) is 1.27. The van der Waals surface area contributed by atoms with E-state index in [-0.39, 0.29) is 11.3 Å². The van der Waals surface area contributed by atoms with Gasteiger partial charge in [0.15, 0.2) is 0 Å². The largest absolute Gasteiger partial charge is 0.327 e. The van der Waals surface area contributed by atoms with Crippen molar-refractivity contribution in [2.75, 3.05) is 0 Å². The molecule has 0 bridgehead atoms. The molecule has 2 nitrogen and oxygen atoms in total. The van der Waals surface area contributed by atoms with E-state index in [0.717, 1.165) is 10.7 Å². The molecule has 2 N–H and O–H groups in total. The lowest BCUT2D eigenvalue weighted by molar-refractivity contribution is 0.719. The van der Waals surface area contributed by atoms with Crippen LogP contribution < -0.4 is 5.73 Å². The standard InChI is InChI=1S/C17H22N2S/c1-11-5-7-15(8-6-11)17(14(4)18)20-16-10-12(2)9-13(3)19-16/h5-10,14,17H,18H2,1-4H3. The summed E-state index contributed by atoms with van der Waals surface area (Å²) in [7, 11) is 0. The van der Waals surface area contributed by atoms with E-state index in [2.05, 4.69) is 62.2 Å². The molecule has 20 heavy (non-hydrogen) atoms. The Balaban J connectivity index is 2.27. The lowest BCUT2D eigenvalue weighted by Gasteiger charge is -2.21. The first-order chi connectivity index (χ1) is 9.45. The summed E-state index contributed by atoms with van der Waals surface area (Å²) >= 11 is 1.75. The number of rotatable bonds is 4. The Labute approximate surface area is 125 Å². The van der Waals surface area contributed by atoms with Crippen LogP contribution in [0.4, 0.5) is 0 Å². The Bertz CT molecular complexity index is 556. The first-order valence-electron chi connectivity index (χ1n) is 6.90. The minimum atomic E-state index is 0.0744. The summed E-state index contributed by atoms with van der Waals surface area (Å²) < 4.78 is 0. The van der Waals surface area contributed by atoms with E-state index in [1.165, 1.54) is 16.7 Å². The normalized spacial score (nSPS) is 14.1. The number of aryl methyl sites for hydroxylation is 3. The zero-order chi connectivity index (χ0) is 14.7. The molecule has 1 aromatic carbocycles. The summed E-state index contributed by atoms with van der Waals surface area (Å²) in [5.41, 5.74) is 11.0. The van der Waals surface area contributed by atoms with Gasteiger partial charge in [-0.05, 0) is 51.0 Å². The number of nitrogens with zero attached hydrogens (tertiary/aromatic N) is 1. The number of aromatic nitrogens is 1. The highest BCUT2D eigenvalue weighted by Crippen LogP contribution is 2.36. The van der Waals surface area contributed by atoms with E-state index in [0.29, 0.717) is 0 Å². The molecule has 0 saturated heterocycles. The van der Waals surface area contributed by atoms with Gasteiger partial charge in [0.25, 0.3) is 0 Å². The molecule has 1 aromatic heterocycles. The molecule has 0 aliphatic carbocycles. The number of hydrogen-bond donors (Lipinski definition) is 1. The fourth-order valence-electron chi connectivity index (χ4n) is 2.23. The minimum Gasteiger partial charge on any atom is -0.327 e. The van der Waals surface area contributed by atoms with Crippen LogP contribution in [-0.2, 0) is 0 Å². The summed E-state index contributed by atoms with van der Waals surface area (Å²) in [6.07, 6.45) is 0. The highest BCUT2D eigenvalue weighted by molar-refractivity contribution is 7.99.